The van der Waals surface area contributed by atoms with Crippen molar-refractivity contribution in [1.82, 2.24) is 25.0 Å². The van der Waals surface area contributed by atoms with E-state index >= 15 is 0 Å². The first-order valence-electron chi connectivity index (χ1n) is 10.7. The number of aromatic nitrogens is 3. The van der Waals surface area contributed by atoms with Crippen LogP contribution in [-0.4, -0.2) is 55.3 Å². The van der Waals surface area contributed by atoms with Gasteiger partial charge in [0.15, 0.2) is 11.8 Å². The fourth-order valence-corrected chi connectivity index (χ4v) is 6.32. The van der Waals surface area contributed by atoms with Crippen molar-refractivity contribution in [2.45, 2.75) is 82.0 Å². The maximum Gasteiger partial charge on any atom is 0.194 e. The predicted octanol–water partition coefficient (Wildman–Crippen LogP) is 3.26. The lowest BCUT2D eigenvalue weighted by atomic mass is 9.87. The van der Waals surface area contributed by atoms with Crippen LogP contribution in [0.4, 0.5) is 0 Å². The van der Waals surface area contributed by atoms with E-state index in [1.807, 2.05) is 18.5 Å². The van der Waals surface area contributed by atoms with Gasteiger partial charge in [-0.05, 0) is 32.6 Å². The fraction of sp³-hybridized carbons (Fsp3) is 0.850. The van der Waals surface area contributed by atoms with E-state index in [0.717, 1.165) is 30.7 Å². The summed E-state index contributed by atoms with van der Waals surface area (Å²) in [6, 6.07) is 0.585. The van der Waals surface area contributed by atoms with Crippen LogP contribution in [0.15, 0.2) is 4.99 Å². The summed E-state index contributed by atoms with van der Waals surface area (Å²) in [5.74, 6) is 4.21. The summed E-state index contributed by atoms with van der Waals surface area (Å²) in [5.41, 5.74) is 0. The van der Waals surface area contributed by atoms with Gasteiger partial charge in [-0.25, -0.2) is 4.99 Å². The van der Waals surface area contributed by atoms with E-state index in [0.29, 0.717) is 17.3 Å². The quantitative estimate of drug-likeness (QED) is 0.634. The van der Waals surface area contributed by atoms with E-state index in [9.17, 15) is 0 Å². The fourth-order valence-electron chi connectivity index (χ4n) is 4.75. The molecule has 0 unspecified atom stereocenters. The van der Waals surface area contributed by atoms with Gasteiger partial charge >= 0.3 is 0 Å². The molecule has 0 aromatic carbocycles. The zero-order valence-corrected chi connectivity index (χ0v) is 17.7. The molecule has 0 bridgehead atoms. The van der Waals surface area contributed by atoms with Crippen molar-refractivity contribution in [1.29, 1.82) is 0 Å². The average molecular weight is 391 g/mol. The molecule has 27 heavy (non-hydrogen) atoms. The number of hydrogen-bond acceptors (Lipinski definition) is 4. The number of aryl methyl sites for hydroxylation is 1. The van der Waals surface area contributed by atoms with Gasteiger partial charge in [0.25, 0.3) is 0 Å². The lowest BCUT2D eigenvalue weighted by molar-refractivity contribution is 0.290. The second kappa shape index (κ2) is 8.41. The molecule has 1 aromatic heterocycles. The Morgan fingerprint density at radius 3 is 2.67 bits per heavy atom. The van der Waals surface area contributed by atoms with Crippen LogP contribution in [0.2, 0.25) is 0 Å². The molecule has 0 amide bonds. The van der Waals surface area contributed by atoms with E-state index in [1.54, 1.807) is 0 Å². The third-order valence-corrected chi connectivity index (χ3v) is 8.09. The first-order valence-corrected chi connectivity index (χ1v) is 11.7. The highest BCUT2D eigenvalue weighted by Gasteiger charge is 2.38. The first kappa shape index (κ1) is 19.1. The van der Waals surface area contributed by atoms with Crippen LogP contribution >= 0.6 is 11.8 Å². The Morgan fingerprint density at radius 1 is 1.19 bits per heavy atom. The largest absolute Gasteiger partial charge is 0.353 e. The molecule has 6 nitrogen and oxygen atoms in total. The molecule has 2 heterocycles. The van der Waals surface area contributed by atoms with Gasteiger partial charge in [0.05, 0.1) is 0 Å². The highest BCUT2D eigenvalue weighted by atomic mass is 32.2. The maximum atomic E-state index is 5.03. The molecular formula is C20H34N6S. The van der Waals surface area contributed by atoms with Gasteiger partial charge in [0, 0.05) is 36.7 Å². The molecule has 1 aliphatic heterocycles. The number of nitrogens with zero attached hydrogens (tertiary/aromatic N) is 5. The van der Waals surface area contributed by atoms with Gasteiger partial charge < -0.3 is 14.8 Å². The second-order valence-corrected chi connectivity index (χ2v) is 10.1. The van der Waals surface area contributed by atoms with Crippen molar-refractivity contribution in [3.8, 4) is 0 Å². The van der Waals surface area contributed by atoms with Gasteiger partial charge in [0.2, 0.25) is 0 Å². The van der Waals surface area contributed by atoms with Crippen LogP contribution in [0.5, 0.6) is 0 Å². The molecule has 1 aromatic rings. The topological polar surface area (TPSA) is 58.3 Å². The molecule has 1 saturated heterocycles. The smallest absolute Gasteiger partial charge is 0.194 e. The second-order valence-electron chi connectivity index (χ2n) is 8.50. The molecule has 1 spiro atoms. The van der Waals surface area contributed by atoms with Crippen molar-refractivity contribution in [2.24, 2.45) is 12.0 Å². The van der Waals surface area contributed by atoms with E-state index in [1.165, 1.54) is 63.5 Å². The number of thioether (sulfide) groups is 1. The Kier molecular flexibility index (Phi) is 5.95. The molecule has 150 valence electrons. The van der Waals surface area contributed by atoms with Crippen molar-refractivity contribution in [2.75, 3.05) is 18.8 Å². The van der Waals surface area contributed by atoms with Crippen molar-refractivity contribution >= 4 is 17.7 Å². The van der Waals surface area contributed by atoms with Crippen molar-refractivity contribution in [3.05, 3.63) is 11.6 Å². The zero-order chi connectivity index (χ0) is 18.7. The average Bonchev–Trinajstić information content (AvgIpc) is 3.30. The molecule has 1 N–H and O–H groups in total. The third-order valence-electron chi connectivity index (χ3n) is 6.55. The summed E-state index contributed by atoms with van der Waals surface area (Å²) < 4.78 is 2.50. The highest BCUT2D eigenvalue weighted by Crippen LogP contribution is 2.42. The SMILES string of the molecule is Cc1nnc(CN=C(NC2CCCC2)N2CCSC3(CCCCC3)C2)n1C. The van der Waals surface area contributed by atoms with Crippen LogP contribution in [0, 0.1) is 6.92 Å². The van der Waals surface area contributed by atoms with E-state index in [2.05, 4.69) is 32.2 Å². The summed E-state index contributed by atoms with van der Waals surface area (Å²) in [6.45, 7) is 4.84. The van der Waals surface area contributed by atoms with Gasteiger partial charge in [-0.1, -0.05) is 32.1 Å². The summed E-state index contributed by atoms with van der Waals surface area (Å²) in [7, 11) is 2.03. The van der Waals surface area contributed by atoms with Crippen molar-refractivity contribution in [3.63, 3.8) is 0 Å². The molecule has 2 saturated carbocycles. The monoisotopic (exact) mass is 390 g/mol. The summed E-state index contributed by atoms with van der Waals surface area (Å²) in [5, 5.41) is 12.3. The lowest BCUT2D eigenvalue weighted by Crippen LogP contribution is -2.54. The van der Waals surface area contributed by atoms with E-state index in [-0.39, 0.29) is 0 Å². The van der Waals surface area contributed by atoms with Gasteiger partial charge in [-0.3, -0.25) is 0 Å². The zero-order valence-electron chi connectivity index (χ0n) is 16.9. The Hall–Kier alpha value is -1.24. The number of nitrogens with one attached hydrogen (secondary N) is 1. The minimum atomic E-state index is 0.454. The molecule has 0 radical (unpaired) electrons. The van der Waals surface area contributed by atoms with Crippen LogP contribution in [0.25, 0.3) is 0 Å². The number of rotatable bonds is 3. The van der Waals surface area contributed by atoms with Gasteiger partial charge in [-0.15, -0.1) is 10.2 Å². The molecule has 3 fully saturated rings. The van der Waals surface area contributed by atoms with Crippen molar-refractivity contribution < 1.29 is 0 Å². The molecular weight excluding hydrogens is 356 g/mol. The Labute approximate surface area is 167 Å². The van der Waals surface area contributed by atoms with E-state index in [4.69, 9.17) is 4.99 Å². The summed E-state index contributed by atoms with van der Waals surface area (Å²) in [6.07, 6.45) is 12.2. The predicted molar refractivity (Wildman–Crippen MR) is 112 cm³/mol. The maximum absolute atomic E-state index is 5.03. The van der Waals surface area contributed by atoms with Crippen LogP contribution in [-0.2, 0) is 13.6 Å². The molecule has 2 aliphatic carbocycles. The molecule has 7 heteroatoms. The normalized spacial score (nSPS) is 23.9. The Bertz CT molecular complexity index is 652. The minimum absolute atomic E-state index is 0.454. The number of guanidine groups is 1. The van der Waals surface area contributed by atoms with Crippen LogP contribution < -0.4 is 5.32 Å². The molecule has 4 rings (SSSR count). The summed E-state index contributed by atoms with van der Waals surface area (Å²) >= 11 is 2.22. The lowest BCUT2D eigenvalue weighted by Gasteiger charge is -2.46. The number of hydrogen-bond donors (Lipinski definition) is 1. The first-order chi connectivity index (χ1) is 13.2. The van der Waals surface area contributed by atoms with Gasteiger partial charge in [-0.2, -0.15) is 11.8 Å². The van der Waals surface area contributed by atoms with Gasteiger partial charge in [0.1, 0.15) is 12.4 Å². The van der Waals surface area contributed by atoms with Crippen LogP contribution in [0.3, 0.4) is 0 Å². The molecule has 0 atom stereocenters. The molecule has 3 aliphatic rings. The number of aliphatic imine (C=N–C) groups is 1. The third kappa shape index (κ3) is 4.44. The Balaban J connectivity index is 1.51. The summed E-state index contributed by atoms with van der Waals surface area (Å²) in [4.78, 5) is 7.58. The Morgan fingerprint density at radius 2 is 1.96 bits per heavy atom. The standard InChI is InChI=1S/C20H34N6S/c1-16-23-24-18(25(16)2)14-21-19(22-17-8-4-5-9-17)26-12-13-27-20(15-26)10-6-3-7-11-20/h17H,3-15H2,1-2H3,(H,21,22). The minimum Gasteiger partial charge on any atom is -0.353 e. The highest BCUT2D eigenvalue weighted by molar-refractivity contribution is 8.00. The van der Waals surface area contributed by atoms with E-state index < -0.39 is 0 Å². The van der Waals surface area contributed by atoms with Crippen LogP contribution in [0.1, 0.15) is 69.4 Å².